The van der Waals surface area contributed by atoms with Gasteiger partial charge in [0.2, 0.25) is 5.91 Å². The van der Waals surface area contributed by atoms with Gasteiger partial charge in [-0.15, -0.1) is 11.3 Å². The number of carbonyl (C=O) groups excluding carboxylic acids is 2. The summed E-state index contributed by atoms with van der Waals surface area (Å²) in [6.07, 6.45) is 3.42. The maximum absolute atomic E-state index is 11.8. The Balaban J connectivity index is 1.89. The van der Waals surface area contributed by atoms with Crippen LogP contribution < -0.4 is 10.6 Å². The van der Waals surface area contributed by atoms with Gasteiger partial charge in [0.15, 0.2) is 4.96 Å². The Hall–Kier alpha value is -2.42. The van der Waals surface area contributed by atoms with Crippen molar-refractivity contribution in [1.29, 1.82) is 0 Å². The van der Waals surface area contributed by atoms with Crippen molar-refractivity contribution in [2.75, 3.05) is 13.1 Å². The molecule has 2 aromatic heterocycles. The molecule has 106 valence electrons. The first-order valence-electron chi connectivity index (χ1n) is 5.67. The molecule has 0 aliphatic rings. The van der Waals surface area contributed by atoms with Crippen molar-refractivity contribution in [3.8, 4) is 0 Å². The van der Waals surface area contributed by atoms with Crippen molar-refractivity contribution in [1.82, 2.24) is 20.0 Å². The maximum atomic E-state index is 11.8. The number of aromatic nitrogens is 2. The number of thiazole rings is 1. The van der Waals surface area contributed by atoms with Crippen LogP contribution in [0.3, 0.4) is 0 Å². The molecule has 20 heavy (non-hydrogen) atoms. The van der Waals surface area contributed by atoms with E-state index in [-0.39, 0.29) is 12.2 Å². The van der Waals surface area contributed by atoms with E-state index in [0.29, 0.717) is 4.96 Å². The van der Waals surface area contributed by atoms with E-state index in [9.17, 15) is 14.4 Å². The summed E-state index contributed by atoms with van der Waals surface area (Å²) in [6.45, 7) is 1.16. The number of imidazole rings is 1. The second kappa shape index (κ2) is 5.70. The first kappa shape index (κ1) is 14.0. The van der Waals surface area contributed by atoms with Crippen molar-refractivity contribution in [2.24, 2.45) is 0 Å². The SMILES string of the molecule is Cc1cn2cc(C(=O)NCC(=O)NCC(=O)O)nc2s1. The van der Waals surface area contributed by atoms with Gasteiger partial charge in [0, 0.05) is 17.3 Å². The van der Waals surface area contributed by atoms with Gasteiger partial charge < -0.3 is 15.7 Å². The lowest BCUT2D eigenvalue weighted by molar-refractivity contribution is -0.137. The molecule has 0 unspecified atom stereocenters. The molecule has 2 rings (SSSR count). The lowest BCUT2D eigenvalue weighted by atomic mass is 10.4. The predicted molar refractivity (Wildman–Crippen MR) is 70.8 cm³/mol. The molecule has 3 N–H and O–H groups in total. The molecule has 2 heterocycles. The largest absolute Gasteiger partial charge is 0.480 e. The van der Waals surface area contributed by atoms with Crippen molar-refractivity contribution >= 4 is 34.1 Å². The normalized spacial score (nSPS) is 10.4. The monoisotopic (exact) mass is 296 g/mol. The summed E-state index contributed by atoms with van der Waals surface area (Å²) < 4.78 is 1.74. The Morgan fingerprint density at radius 1 is 1.30 bits per heavy atom. The van der Waals surface area contributed by atoms with Crippen LogP contribution in [0.15, 0.2) is 12.4 Å². The van der Waals surface area contributed by atoms with Crippen molar-refractivity contribution in [3.05, 3.63) is 23.0 Å². The zero-order valence-corrected chi connectivity index (χ0v) is 11.4. The van der Waals surface area contributed by atoms with Gasteiger partial charge in [-0.3, -0.25) is 18.8 Å². The molecule has 0 fully saturated rings. The maximum Gasteiger partial charge on any atom is 0.322 e. The Morgan fingerprint density at radius 3 is 2.70 bits per heavy atom. The number of nitrogens with one attached hydrogen (secondary N) is 2. The van der Waals surface area contributed by atoms with Crippen molar-refractivity contribution in [2.45, 2.75) is 6.92 Å². The number of carboxylic acid groups (broad SMARTS) is 1. The van der Waals surface area contributed by atoms with Crippen LogP contribution in [0.2, 0.25) is 0 Å². The van der Waals surface area contributed by atoms with Crippen LogP contribution in [0, 0.1) is 6.92 Å². The number of amides is 2. The minimum absolute atomic E-state index is 0.210. The van der Waals surface area contributed by atoms with Gasteiger partial charge in [0.25, 0.3) is 5.91 Å². The topological polar surface area (TPSA) is 113 Å². The molecular formula is C11H12N4O4S. The molecule has 0 spiro atoms. The Kier molecular flexibility index (Phi) is 3.99. The number of aliphatic carboxylic acids is 1. The highest BCUT2D eigenvalue weighted by atomic mass is 32.1. The van der Waals surface area contributed by atoms with Crippen molar-refractivity contribution in [3.63, 3.8) is 0 Å². The van der Waals surface area contributed by atoms with E-state index in [0.717, 1.165) is 4.88 Å². The highest BCUT2D eigenvalue weighted by Gasteiger charge is 2.13. The summed E-state index contributed by atoms with van der Waals surface area (Å²) in [5.41, 5.74) is 0.210. The number of carbonyl (C=O) groups is 3. The molecule has 0 aromatic carbocycles. The minimum Gasteiger partial charge on any atom is -0.480 e. The lowest BCUT2D eigenvalue weighted by Gasteiger charge is -2.03. The Bertz CT molecular complexity index is 644. The first-order chi connectivity index (χ1) is 9.45. The molecule has 2 amide bonds. The minimum atomic E-state index is -1.14. The average molecular weight is 296 g/mol. The molecule has 2 aromatic rings. The van der Waals surface area contributed by atoms with Gasteiger partial charge in [-0.05, 0) is 6.92 Å². The molecule has 0 saturated carbocycles. The van der Waals surface area contributed by atoms with Gasteiger partial charge in [-0.25, -0.2) is 4.98 Å². The van der Waals surface area contributed by atoms with Crippen LogP contribution in [-0.4, -0.2) is 45.4 Å². The van der Waals surface area contributed by atoms with Crippen LogP contribution in [0.1, 0.15) is 15.4 Å². The second-order valence-electron chi connectivity index (χ2n) is 4.01. The van der Waals surface area contributed by atoms with Gasteiger partial charge >= 0.3 is 5.97 Å². The fourth-order valence-corrected chi connectivity index (χ4v) is 2.32. The van der Waals surface area contributed by atoms with Gasteiger partial charge in [0.05, 0.1) is 6.54 Å². The number of hydrogen-bond donors (Lipinski definition) is 3. The number of fused-ring (bicyclic) bond motifs is 1. The fourth-order valence-electron chi connectivity index (χ4n) is 1.51. The highest BCUT2D eigenvalue weighted by Crippen LogP contribution is 2.16. The van der Waals surface area contributed by atoms with Gasteiger partial charge in [-0.2, -0.15) is 0 Å². The summed E-state index contributed by atoms with van der Waals surface area (Å²) >= 11 is 1.45. The third-order valence-corrected chi connectivity index (χ3v) is 3.26. The molecule has 8 nitrogen and oxygen atoms in total. The molecule has 0 bridgehead atoms. The van der Waals surface area contributed by atoms with Crippen LogP contribution >= 0.6 is 11.3 Å². The zero-order valence-electron chi connectivity index (χ0n) is 10.5. The molecule has 0 radical (unpaired) electrons. The second-order valence-corrected chi connectivity index (χ2v) is 5.22. The molecular weight excluding hydrogens is 284 g/mol. The van der Waals surface area contributed by atoms with E-state index in [2.05, 4.69) is 15.6 Å². The standard InChI is InChI=1S/C11H12N4O4S/c1-6-4-15-5-7(14-11(15)20-6)10(19)13-2-8(16)12-3-9(17)18/h4-5H,2-3H2,1H3,(H,12,16)(H,13,19)(H,17,18). The van der Waals surface area contributed by atoms with Crippen LogP contribution in [0.5, 0.6) is 0 Å². The number of hydrogen-bond acceptors (Lipinski definition) is 5. The molecule has 0 atom stereocenters. The molecule has 0 saturated heterocycles. The Morgan fingerprint density at radius 2 is 2.05 bits per heavy atom. The summed E-state index contributed by atoms with van der Waals surface area (Å²) in [5, 5.41) is 12.9. The first-order valence-corrected chi connectivity index (χ1v) is 6.49. The predicted octanol–water partition coefficient (Wildman–Crippen LogP) is -0.365. The summed E-state index contributed by atoms with van der Waals surface area (Å²) in [6, 6.07) is 0. The van der Waals surface area contributed by atoms with E-state index in [1.54, 1.807) is 10.6 Å². The smallest absolute Gasteiger partial charge is 0.322 e. The van der Waals surface area contributed by atoms with E-state index < -0.39 is 24.3 Å². The fraction of sp³-hybridized carbons (Fsp3) is 0.273. The number of nitrogens with zero attached hydrogens (tertiary/aromatic N) is 2. The van der Waals surface area contributed by atoms with E-state index in [1.165, 1.54) is 11.3 Å². The summed E-state index contributed by atoms with van der Waals surface area (Å²) in [5.74, 6) is -2.20. The Labute approximate surface area is 117 Å². The summed E-state index contributed by atoms with van der Waals surface area (Å²) in [4.78, 5) is 39.1. The van der Waals surface area contributed by atoms with Crippen LogP contribution in [-0.2, 0) is 9.59 Å². The average Bonchev–Trinajstić information content (AvgIpc) is 2.90. The lowest BCUT2D eigenvalue weighted by Crippen LogP contribution is -2.39. The molecule has 0 aliphatic carbocycles. The highest BCUT2D eigenvalue weighted by molar-refractivity contribution is 7.17. The van der Waals surface area contributed by atoms with Crippen LogP contribution in [0.25, 0.3) is 4.96 Å². The van der Waals surface area contributed by atoms with Gasteiger partial charge in [0.1, 0.15) is 12.2 Å². The zero-order chi connectivity index (χ0) is 14.7. The third-order valence-electron chi connectivity index (χ3n) is 2.35. The van der Waals surface area contributed by atoms with E-state index in [4.69, 9.17) is 5.11 Å². The number of rotatable bonds is 5. The molecule has 9 heteroatoms. The van der Waals surface area contributed by atoms with E-state index in [1.807, 2.05) is 13.1 Å². The van der Waals surface area contributed by atoms with Crippen molar-refractivity contribution < 1.29 is 19.5 Å². The molecule has 0 aliphatic heterocycles. The number of aryl methyl sites for hydroxylation is 1. The van der Waals surface area contributed by atoms with Gasteiger partial charge in [-0.1, -0.05) is 0 Å². The van der Waals surface area contributed by atoms with E-state index >= 15 is 0 Å². The summed E-state index contributed by atoms with van der Waals surface area (Å²) in [7, 11) is 0. The number of carboxylic acids is 1. The van der Waals surface area contributed by atoms with Crippen LogP contribution in [0.4, 0.5) is 0 Å². The third kappa shape index (κ3) is 3.32. The quantitative estimate of drug-likeness (QED) is 0.697.